The number of carbonyl (C=O) groups is 2. The summed E-state index contributed by atoms with van der Waals surface area (Å²) in [6.45, 7) is 5.14. The average Bonchev–Trinajstić information content (AvgIpc) is 3.26. The van der Waals surface area contributed by atoms with Gasteiger partial charge in [0.05, 0.1) is 24.8 Å². The predicted octanol–water partition coefficient (Wildman–Crippen LogP) is 4.47. The quantitative estimate of drug-likeness (QED) is 0.611. The van der Waals surface area contributed by atoms with E-state index in [0.717, 1.165) is 23.0 Å². The second kappa shape index (κ2) is 7.70. The highest BCUT2D eigenvalue weighted by atomic mass is 35.5. The Kier molecular flexibility index (Phi) is 4.99. The molecule has 3 aromatic rings. The zero-order valence-corrected chi connectivity index (χ0v) is 18.3. The van der Waals surface area contributed by atoms with Gasteiger partial charge in [-0.25, -0.2) is 4.90 Å². The molecule has 1 saturated heterocycles. The summed E-state index contributed by atoms with van der Waals surface area (Å²) < 4.78 is 5.66. The highest BCUT2D eigenvalue weighted by Gasteiger charge is 2.46. The summed E-state index contributed by atoms with van der Waals surface area (Å²) >= 11 is 6.21. The Labute approximate surface area is 185 Å². The molecule has 5 rings (SSSR count). The van der Waals surface area contributed by atoms with Crippen molar-refractivity contribution in [2.24, 2.45) is 0 Å². The topological polar surface area (TPSA) is 65.6 Å². The number of aromatic amines is 1. The van der Waals surface area contributed by atoms with Crippen LogP contribution in [0.25, 0.3) is 10.9 Å². The SMILES string of the molecule is CCOc1ccccc1N1C(=O)CC(N2CCc3c([nH]c4ccc(Cl)cc34)C2C)C1=O. The number of benzene rings is 2. The van der Waals surface area contributed by atoms with E-state index in [0.29, 0.717) is 29.6 Å². The lowest BCUT2D eigenvalue weighted by molar-refractivity contribution is -0.123. The number of ether oxygens (including phenoxy) is 1. The summed E-state index contributed by atoms with van der Waals surface area (Å²) in [4.78, 5) is 33.3. The lowest BCUT2D eigenvalue weighted by Crippen LogP contribution is -2.46. The van der Waals surface area contributed by atoms with Gasteiger partial charge in [0, 0.05) is 34.2 Å². The van der Waals surface area contributed by atoms with Crippen molar-refractivity contribution >= 4 is 40.0 Å². The number of anilines is 1. The van der Waals surface area contributed by atoms with E-state index in [-0.39, 0.29) is 24.3 Å². The first-order chi connectivity index (χ1) is 15.0. The van der Waals surface area contributed by atoms with E-state index in [1.54, 1.807) is 12.1 Å². The highest BCUT2D eigenvalue weighted by molar-refractivity contribution is 6.31. The van der Waals surface area contributed by atoms with E-state index in [1.807, 2.05) is 37.3 Å². The molecular weight excluding hydrogens is 414 g/mol. The molecule has 0 bridgehead atoms. The molecule has 0 spiro atoms. The number of halogens is 1. The number of nitrogens with one attached hydrogen (secondary N) is 1. The molecule has 3 heterocycles. The smallest absolute Gasteiger partial charge is 0.251 e. The fourth-order valence-corrected chi connectivity index (χ4v) is 5.11. The number of para-hydroxylation sites is 2. The average molecular weight is 438 g/mol. The summed E-state index contributed by atoms with van der Waals surface area (Å²) in [5.74, 6) is 0.170. The predicted molar refractivity (Wildman–Crippen MR) is 121 cm³/mol. The maximum atomic E-state index is 13.4. The van der Waals surface area contributed by atoms with E-state index in [4.69, 9.17) is 16.3 Å². The zero-order valence-electron chi connectivity index (χ0n) is 17.5. The number of carbonyl (C=O) groups excluding carboxylic acids is 2. The van der Waals surface area contributed by atoms with Gasteiger partial charge >= 0.3 is 0 Å². The molecule has 7 heteroatoms. The summed E-state index contributed by atoms with van der Waals surface area (Å²) in [6, 6.07) is 12.6. The molecule has 160 valence electrons. The second-order valence-electron chi connectivity index (χ2n) is 8.06. The van der Waals surface area contributed by atoms with Crippen LogP contribution in [0.4, 0.5) is 5.69 Å². The van der Waals surface area contributed by atoms with Gasteiger partial charge in [-0.05, 0) is 56.2 Å². The normalized spacial score (nSPS) is 21.7. The number of aromatic nitrogens is 1. The van der Waals surface area contributed by atoms with Crippen molar-refractivity contribution in [1.29, 1.82) is 0 Å². The molecule has 2 atom stereocenters. The van der Waals surface area contributed by atoms with Crippen LogP contribution in [0, 0.1) is 0 Å². The van der Waals surface area contributed by atoms with Gasteiger partial charge in [0.2, 0.25) is 5.91 Å². The van der Waals surface area contributed by atoms with E-state index in [9.17, 15) is 9.59 Å². The molecule has 1 N–H and O–H groups in total. The van der Waals surface area contributed by atoms with Gasteiger partial charge in [0.15, 0.2) is 0 Å². The van der Waals surface area contributed by atoms with Gasteiger partial charge in [0.25, 0.3) is 5.91 Å². The number of rotatable bonds is 4. The number of imide groups is 1. The minimum Gasteiger partial charge on any atom is -0.492 e. The van der Waals surface area contributed by atoms with Crippen molar-refractivity contribution < 1.29 is 14.3 Å². The number of amides is 2. The van der Waals surface area contributed by atoms with Gasteiger partial charge in [-0.2, -0.15) is 0 Å². The summed E-state index contributed by atoms with van der Waals surface area (Å²) in [6.07, 6.45) is 0.971. The molecule has 6 nitrogen and oxygen atoms in total. The molecule has 2 aliphatic heterocycles. The van der Waals surface area contributed by atoms with Crippen LogP contribution in [0.3, 0.4) is 0 Å². The first kappa shape index (κ1) is 20.1. The third kappa shape index (κ3) is 3.22. The van der Waals surface area contributed by atoms with E-state index in [1.165, 1.54) is 10.5 Å². The van der Waals surface area contributed by atoms with Crippen molar-refractivity contribution in [3.05, 3.63) is 58.7 Å². The Morgan fingerprint density at radius 1 is 1.19 bits per heavy atom. The van der Waals surface area contributed by atoms with Gasteiger partial charge in [-0.1, -0.05) is 23.7 Å². The number of nitrogens with zero attached hydrogens (tertiary/aromatic N) is 2. The van der Waals surface area contributed by atoms with E-state index >= 15 is 0 Å². The summed E-state index contributed by atoms with van der Waals surface area (Å²) in [5, 5.41) is 1.85. The van der Waals surface area contributed by atoms with Gasteiger partial charge in [0.1, 0.15) is 5.75 Å². The molecule has 2 aromatic carbocycles. The molecule has 2 amide bonds. The van der Waals surface area contributed by atoms with E-state index in [2.05, 4.69) is 16.8 Å². The Bertz CT molecular complexity index is 1190. The van der Waals surface area contributed by atoms with Crippen LogP contribution in [-0.4, -0.2) is 40.9 Å². The molecule has 0 saturated carbocycles. The molecule has 31 heavy (non-hydrogen) atoms. The fourth-order valence-electron chi connectivity index (χ4n) is 4.94. The van der Waals surface area contributed by atoms with Crippen molar-refractivity contribution in [1.82, 2.24) is 9.88 Å². The van der Waals surface area contributed by atoms with Gasteiger partial charge in [-0.15, -0.1) is 0 Å². The maximum absolute atomic E-state index is 13.4. The van der Waals surface area contributed by atoms with Gasteiger partial charge < -0.3 is 9.72 Å². The first-order valence-electron chi connectivity index (χ1n) is 10.6. The molecule has 0 aliphatic carbocycles. The number of hydrogen-bond acceptors (Lipinski definition) is 4. The monoisotopic (exact) mass is 437 g/mol. The fraction of sp³-hybridized carbons (Fsp3) is 0.333. The molecule has 2 aliphatic rings. The van der Waals surface area contributed by atoms with Crippen molar-refractivity contribution in [3.8, 4) is 5.75 Å². The largest absolute Gasteiger partial charge is 0.492 e. The lowest BCUT2D eigenvalue weighted by Gasteiger charge is -2.36. The van der Waals surface area contributed by atoms with Crippen LogP contribution in [0.15, 0.2) is 42.5 Å². The highest BCUT2D eigenvalue weighted by Crippen LogP contribution is 2.39. The van der Waals surface area contributed by atoms with E-state index < -0.39 is 6.04 Å². The first-order valence-corrected chi connectivity index (χ1v) is 11.0. The van der Waals surface area contributed by atoms with Crippen molar-refractivity contribution in [3.63, 3.8) is 0 Å². The van der Waals surface area contributed by atoms with Crippen LogP contribution >= 0.6 is 11.6 Å². The van der Waals surface area contributed by atoms with Crippen LogP contribution in [-0.2, 0) is 16.0 Å². The Balaban J connectivity index is 1.46. The minimum atomic E-state index is -0.486. The third-order valence-corrected chi connectivity index (χ3v) is 6.60. The van der Waals surface area contributed by atoms with Crippen LogP contribution < -0.4 is 9.64 Å². The third-order valence-electron chi connectivity index (χ3n) is 6.37. The maximum Gasteiger partial charge on any atom is 0.251 e. The summed E-state index contributed by atoms with van der Waals surface area (Å²) in [7, 11) is 0. The lowest BCUT2D eigenvalue weighted by atomic mass is 9.96. The number of H-pyrrole nitrogens is 1. The Morgan fingerprint density at radius 3 is 2.81 bits per heavy atom. The molecule has 0 radical (unpaired) electrons. The van der Waals surface area contributed by atoms with Gasteiger partial charge in [-0.3, -0.25) is 14.5 Å². The van der Waals surface area contributed by atoms with Crippen LogP contribution in [0.1, 0.15) is 37.6 Å². The molecular formula is C24H24ClN3O3. The van der Waals surface area contributed by atoms with Crippen molar-refractivity contribution in [2.45, 2.75) is 38.8 Å². The van der Waals surface area contributed by atoms with Crippen LogP contribution in [0.5, 0.6) is 5.75 Å². The minimum absolute atomic E-state index is 0.0150. The Morgan fingerprint density at radius 2 is 2.00 bits per heavy atom. The second-order valence-corrected chi connectivity index (χ2v) is 8.50. The molecule has 1 aromatic heterocycles. The number of hydrogen-bond donors (Lipinski definition) is 1. The Hall–Kier alpha value is -2.83. The summed E-state index contributed by atoms with van der Waals surface area (Å²) in [5.41, 5.74) is 3.91. The zero-order chi connectivity index (χ0) is 21.7. The number of fused-ring (bicyclic) bond motifs is 3. The van der Waals surface area contributed by atoms with Crippen molar-refractivity contribution in [2.75, 3.05) is 18.1 Å². The molecule has 2 unspecified atom stereocenters. The standard InChI is InChI=1S/C24H24ClN3O3/c1-3-31-21-7-5-4-6-19(21)28-22(29)13-20(24(28)30)27-11-10-16-17-12-15(25)8-9-18(17)26-23(16)14(27)2/h4-9,12,14,20,26H,3,10-11,13H2,1-2H3. The van der Waals surface area contributed by atoms with Crippen LogP contribution in [0.2, 0.25) is 5.02 Å². The molecule has 1 fully saturated rings.